The summed E-state index contributed by atoms with van der Waals surface area (Å²) in [4.78, 5) is 25.0. The van der Waals surface area contributed by atoms with Gasteiger partial charge in [0.2, 0.25) is 5.91 Å². The number of benzene rings is 1. The predicted octanol–water partition coefficient (Wildman–Crippen LogP) is 4.00. The van der Waals surface area contributed by atoms with Crippen molar-refractivity contribution in [3.05, 3.63) is 69.7 Å². The Hall–Kier alpha value is -3.19. The molecule has 0 radical (unpaired) electrons. The zero-order chi connectivity index (χ0) is 19.4. The minimum absolute atomic E-state index is 0.170. The van der Waals surface area contributed by atoms with Gasteiger partial charge in [0.25, 0.3) is 5.91 Å². The Morgan fingerprint density at radius 2 is 1.85 bits per heavy atom. The van der Waals surface area contributed by atoms with Crippen molar-refractivity contribution in [2.75, 3.05) is 10.6 Å². The minimum Gasteiger partial charge on any atom is -0.322 e. The number of anilines is 2. The molecule has 2 N–H and O–H groups in total. The van der Waals surface area contributed by atoms with Crippen LogP contribution in [-0.4, -0.2) is 21.6 Å². The van der Waals surface area contributed by atoms with Crippen molar-refractivity contribution in [3.8, 4) is 0 Å². The van der Waals surface area contributed by atoms with Gasteiger partial charge in [-0.2, -0.15) is 5.10 Å². The third-order valence-corrected chi connectivity index (χ3v) is 4.97. The van der Waals surface area contributed by atoms with Gasteiger partial charge < -0.3 is 10.6 Å². The van der Waals surface area contributed by atoms with Crippen LogP contribution in [0.2, 0.25) is 0 Å². The zero-order valence-electron chi connectivity index (χ0n) is 15.3. The van der Waals surface area contributed by atoms with Crippen LogP contribution in [0.5, 0.6) is 0 Å². The molecule has 0 aliphatic heterocycles. The van der Waals surface area contributed by atoms with E-state index in [-0.39, 0.29) is 11.8 Å². The largest absolute Gasteiger partial charge is 0.322 e. The maximum Gasteiger partial charge on any atom is 0.265 e. The van der Waals surface area contributed by atoms with E-state index in [1.54, 1.807) is 41.1 Å². The Morgan fingerprint density at radius 3 is 2.48 bits per heavy atom. The fourth-order valence-corrected chi connectivity index (χ4v) is 3.27. The summed E-state index contributed by atoms with van der Waals surface area (Å²) >= 11 is 1.38. The summed E-state index contributed by atoms with van der Waals surface area (Å²) < 4.78 is 1.78. The maximum absolute atomic E-state index is 12.2. The number of nitrogens with one attached hydrogen (secondary N) is 2. The molecule has 6 nitrogen and oxygen atoms in total. The molecule has 0 saturated carbocycles. The van der Waals surface area contributed by atoms with E-state index in [1.165, 1.54) is 17.4 Å². The normalized spacial score (nSPS) is 10.9. The molecule has 0 fully saturated rings. The van der Waals surface area contributed by atoms with Crippen LogP contribution in [0, 0.1) is 13.8 Å². The highest BCUT2D eigenvalue weighted by Gasteiger charge is 2.09. The number of carbonyl (C=O) groups is 2. The predicted molar refractivity (Wildman–Crippen MR) is 109 cm³/mol. The molecule has 0 bridgehead atoms. The van der Waals surface area contributed by atoms with Crippen LogP contribution in [0.1, 0.15) is 26.6 Å². The van der Waals surface area contributed by atoms with Gasteiger partial charge in [-0.1, -0.05) is 12.1 Å². The Bertz CT molecular complexity index is 1000. The van der Waals surface area contributed by atoms with E-state index in [4.69, 9.17) is 0 Å². The molecule has 3 rings (SSSR count). The van der Waals surface area contributed by atoms with E-state index in [1.807, 2.05) is 32.3 Å². The summed E-state index contributed by atoms with van der Waals surface area (Å²) in [6.07, 6.45) is 3.24. The molecule has 0 aliphatic carbocycles. The van der Waals surface area contributed by atoms with Crippen LogP contribution >= 0.6 is 11.3 Å². The maximum atomic E-state index is 12.2. The first-order valence-electron chi connectivity index (χ1n) is 8.38. The quantitative estimate of drug-likeness (QED) is 0.657. The highest BCUT2D eigenvalue weighted by molar-refractivity contribution is 7.12. The number of rotatable bonds is 5. The highest BCUT2D eigenvalue weighted by atomic mass is 32.1. The van der Waals surface area contributed by atoms with Gasteiger partial charge in [0, 0.05) is 35.8 Å². The summed E-state index contributed by atoms with van der Waals surface area (Å²) in [5.41, 5.74) is 4.03. The first-order chi connectivity index (χ1) is 12.9. The highest BCUT2D eigenvalue weighted by Crippen LogP contribution is 2.18. The molecule has 27 heavy (non-hydrogen) atoms. The molecule has 0 aliphatic rings. The lowest BCUT2D eigenvalue weighted by molar-refractivity contribution is -0.111. The number of nitrogens with zero attached hydrogens (tertiary/aromatic N) is 2. The molecule has 0 spiro atoms. The fourth-order valence-electron chi connectivity index (χ4n) is 2.65. The van der Waals surface area contributed by atoms with Crippen molar-refractivity contribution in [1.82, 2.24) is 9.78 Å². The lowest BCUT2D eigenvalue weighted by atomic mass is 10.2. The lowest BCUT2D eigenvalue weighted by Crippen LogP contribution is -2.11. The van der Waals surface area contributed by atoms with Crippen molar-refractivity contribution < 1.29 is 9.59 Å². The van der Waals surface area contributed by atoms with Gasteiger partial charge in [0.15, 0.2) is 0 Å². The lowest BCUT2D eigenvalue weighted by Gasteiger charge is -2.07. The number of hydrogen-bond acceptors (Lipinski definition) is 4. The van der Waals surface area contributed by atoms with Crippen molar-refractivity contribution >= 4 is 40.6 Å². The number of amides is 2. The van der Waals surface area contributed by atoms with Crippen LogP contribution in [0.4, 0.5) is 11.4 Å². The Labute approximate surface area is 161 Å². The van der Waals surface area contributed by atoms with Crippen LogP contribution in [0.15, 0.2) is 47.9 Å². The molecule has 2 amide bonds. The van der Waals surface area contributed by atoms with Crippen molar-refractivity contribution in [1.29, 1.82) is 0 Å². The van der Waals surface area contributed by atoms with Crippen LogP contribution in [-0.2, 0) is 11.8 Å². The molecule has 7 heteroatoms. The van der Waals surface area contributed by atoms with Crippen molar-refractivity contribution in [3.63, 3.8) is 0 Å². The molecule has 0 atom stereocenters. The van der Waals surface area contributed by atoms with E-state index < -0.39 is 0 Å². The topological polar surface area (TPSA) is 76.0 Å². The Balaban J connectivity index is 1.66. The zero-order valence-corrected chi connectivity index (χ0v) is 16.1. The van der Waals surface area contributed by atoms with Gasteiger partial charge in [-0.25, -0.2) is 0 Å². The van der Waals surface area contributed by atoms with Crippen molar-refractivity contribution in [2.45, 2.75) is 13.8 Å². The average Bonchev–Trinajstić information content (AvgIpc) is 3.23. The summed E-state index contributed by atoms with van der Waals surface area (Å²) in [6, 6.07) is 10.6. The fraction of sp³-hybridized carbons (Fsp3) is 0.150. The second-order valence-corrected chi connectivity index (χ2v) is 6.99. The molecule has 1 aromatic carbocycles. The van der Waals surface area contributed by atoms with E-state index in [0.717, 1.165) is 17.0 Å². The van der Waals surface area contributed by atoms with E-state index in [2.05, 4.69) is 15.7 Å². The average molecular weight is 380 g/mol. The molecule has 2 heterocycles. The number of aromatic nitrogens is 2. The Morgan fingerprint density at radius 1 is 1.11 bits per heavy atom. The van der Waals surface area contributed by atoms with Gasteiger partial charge >= 0.3 is 0 Å². The standard InChI is InChI=1S/C20H20N4O2S/c1-13-17(14(2)24(3)23-13)9-10-19(25)21-15-6-4-7-16(12-15)22-20(26)18-8-5-11-27-18/h4-12H,1-3H3,(H,21,25)(H,22,26)/b10-9+. The van der Waals surface area contributed by atoms with Crippen LogP contribution in [0.25, 0.3) is 6.08 Å². The first-order valence-corrected chi connectivity index (χ1v) is 9.26. The molecular weight excluding hydrogens is 360 g/mol. The van der Waals surface area contributed by atoms with Crippen LogP contribution < -0.4 is 10.6 Å². The summed E-state index contributed by atoms with van der Waals surface area (Å²) in [7, 11) is 1.87. The number of aryl methyl sites for hydroxylation is 2. The van der Waals surface area contributed by atoms with E-state index >= 15 is 0 Å². The van der Waals surface area contributed by atoms with Gasteiger partial charge in [-0.3, -0.25) is 14.3 Å². The second kappa shape index (κ2) is 8.01. The van der Waals surface area contributed by atoms with Gasteiger partial charge in [0.1, 0.15) is 0 Å². The van der Waals surface area contributed by atoms with E-state index in [9.17, 15) is 9.59 Å². The molecule has 0 saturated heterocycles. The third kappa shape index (κ3) is 4.51. The van der Waals surface area contributed by atoms with E-state index in [0.29, 0.717) is 16.3 Å². The SMILES string of the molecule is Cc1nn(C)c(C)c1/C=C/C(=O)Nc1cccc(NC(=O)c2cccs2)c1. The Kier molecular flexibility index (Phi) is 5.52. The van der Waals surface area contributed by atoms with Gasteiger partial charge in [-0.05, 0) is 49.6 Å². The van der Waals surface area contributed by atoms with Crippen LogP contribution in [0.3, 0.4) is 0 Å². The molecule has 0 unspecified atom stereocenters. The van der Waals surface area contributed by atoms with Gasteiger partial charge in [0.05, 0.1) is 10.6 Å². The third-order valence-electron chi connectivity index (χ3n) is 4.10. The monoisotopic (exact) mass is 380 g/mol. The van der Waals surface area contributed by atoms with Crippen molar-refractivity contribution in [2.24, 2.45) is 7.05 Å². The smallest absolute Gasteiger partial charge is 0.265 e. The molecule has 3 aromatic rings. The second-order valence-electron chi connectivity index (χ2n) is 6.04. The number of hydrogen-bond donors (Lipinski definition) is 2. The number of thiophene rings is 1. The minimum atomic E-state index is -0.251. The van der Waals surface area contributed by atoms with Gasteiger partial charge in [-0.15, -0.1) is 11.3 Å². The summed E-state index contributed by atoms with van der Waals surface area (Å²) in [5, 5.41) is 11.8. The first kappa shape index (κ1) is 18.6. The molecule has 138 valence electrons. The molecular formula is C20H20N4O2S. The number of carbonyl (C=O) groups excluding carboxylic acids is 2. The molecule has 2 aromatic heterocycles. The summed E-state index contributed by atoms with van der Waals surface area (Å²) in [5.74, 6) is -0.421. The summed E-state index contributed by atoms with van der Waals surface area (Å²) in [6.45, 7) is 3.86.